The minimum Gasteiger partial charge on any atom is -1.00 e. The van der Waals surface area contributed by atoms with E-state index in [4.69, 9.17) is 0 Å². The Bertz CT molecular complexity index is 65.6. The van der Waals surface area contributed by atoms with Gasteiger partial charge >= 0.3 is 0 Å². The molecule has 0 aliphatic carbocycles. The van der Waals surface area contributed by atoms with E-state index in [0.29, 0.717) is 0 Å². The van der Waals surface area contributed by atoms with Crippen LogP contribution in [0.1, 0.15) is 0 Å². The molecule has 1 N–H and O–H groups in total. The monoisotopic (exact) mass is 195 g/mol. The Hall–Kier alpha value is 0.140. The van der Waals surface area contributed by atoms with Crippen LogP contribution >= 0.6 is 0 Å². The molecule has 0 aromatic carbocycles. The molecule has 0 unspecified atom stereocenters. The van der Waals surface area contributed by atoms with E-state index in [1.807, 2.05) is 12.3 Å². The number of nitrogens with one attached hydrogen (secondary N) is 1. The van der Waals surface area contributed by atoms with E-state index in [0.717, 1.165) is 6.54 Å². The first-order valence-electron chi connectivity index (χ1n) is 1.72. The largest absolute Gasteiger partial charge is 1.00 e. The maximum Gasteiger partial charge on any atom is 0.161 e. The van der Waals surface area contributed by atoms with Crippen molar-refractivity contribution in [2.75, 3.05) is 6.54 Å². The normalized spacial score (nSPS) is 14.7. The lowest BCUT2D eigenvalue weighted by Gasteiger charge is -1.52. The first kappa shape index (κ1) is 6.14. The highest BCUT2D eigenvalue weighted by atomic mass is 127. The maximum absolute atomic E-state index is 2.99. The van der Waals surface area contributed by atoms with Crippen molar-refractivity contribution in [3.05, 3.63) is 12.2 Å². The van der Waals surface area contributed by atoms with Gasteiger partial charge in [-0.15, -0.1) is 0 Å². The molecule has 0 amide bonds. The topological polar surface area (TPSA) is 14.0 Å². The fourth-order valence-electron chi connectivity index (χ4n) is 0.340. The van der Waals surface area contributed by atoms with E-state index < -0.39 is 0 Å². The summed E-state index contributed by atoms with van der Waals surface area (Å²) in [6, 6.07) is 0. The molecule has 0 atom stereocenters. The van der Waals surface area contributed by atoms with Gasteiger partial charge in [0.25, 0.3) is 0 Å². The highest BCUT2D eigenvalue weighted by Crippen LogP contribution is 1.58. The van der Waals surface area contributed by atoms with E-state index >= 15 is 0 Å². The molecule has 0 aromatic heterocycles. The Morgan fingerprint density at radius 2 is 2.33 bits per heavy atom. The molecule has 1 heterocycles. The van der Waals surface area contributed by atoms with Gasteiger partial charge in [-0.2, -0.15) is 0 Å². The SMILES string of the molecule is C1=CC[NH+]=C1.[I-]. The van der Waals surface area contributed by atoms with Crippen LogP contribution in [0.25, 0.3) is 0 Å². The summed E-state index contributed by atoms with van der Waals surface area (Å²) >= 11 is 0. The Morgan fingerprint density at radius 3 is 2.50 bits per heavy atom. The third-order valence-electron chi connectivity index (χ3n) is 0.586. The van der Waals surface area contributed by atoms with Crippen LogP contribution in [0.5, 0.6) is 0 Å². The lowest BCUT2D eigenvalue weighted by Crippen LogP contribution is -3.00. The molecule has 34 valence electrons. The van der Waals surface area contributed by atoms with E-state index in [-0.39, 0.29) is 24.0 Å². The van der Waals surface area contributed by atoms with Crippen LogP contribution in [0.15, 0.2) is 12.2 Å². The molecule has 0 bridgehead atoms. The molecule has 6 heavy (non-hydrogen) atoms. The van der Waals surface area contributed by atoms with Gasteiger partial charge in [0.2, 0.25) is 0 Å². The molecule has 1 aliphatic heterocycles. The lowest BCUT2D eigenvalue weighted by atomic mass is 10.6. The average molecular weight is 195 g/mol. The molecular weight excluding hydrogens is 189 g/mol. The second-order valence-corrected chi connectivity index (χ2v) is 1.00. The second kappa shape index (κ2) is 3.33. The first-order chi connectivity index (χ1) is 2.50. The van der Waals surface area contributed by atoms with Gasteiger partial charge in [0.05, 0.1) is 0 Å². The standard InChI is InChI=1S/C4H5N.HI/c1-2-4-5-3-1;/h1-3H,4H2;1H. The number of hydrogen-bond acceptors (Lipinski definition) is 0. The van der Waals surface area contributed by atoms with E-state index in [9.17, 15) is 0 Å². The van der Waals surface area contributed by atoms with E-state index in [1.54, 1.807) is 0 Å². The highest BCUT2D eigenvalue weighted by Gasteiger charge is 1.80. The molecule has 0 aromatic rings. The molecule has 0 spiro atoms. The number of halogens is 1. The Kier molecular flexibility index (Phi) is 3.41. The summed E-state index contributed by atoms with van der Waals surface area (Å²) in [6.07, 6.45) is 6.00. The van der Waals surface area contributed by atoms with Crippen molar-refractivity contribution in [2.45, 2.75) is 0 Å². The molecule has 0 radical (unpaired) electrons. The predicted octanol–water partition coefficient (Wildman–Crippen LogP) is -4.29. The molecule has 0 saturated heterocycles. The summed E-state index contributed by atoms with van der Waals surface area (Å²) in [5.41, 5.74) is 0. The molecule has 1 aliphatic rings. The quantitative estimate of drug-likeness (QED) is 0.376. The van der Waals surface area contributed by atoms with Crippen LogP contribution in [0.2, 0.25) is 0 Å². The van der Waals surface area contributed by atoms with Gasteiger partial charge in [-0.05, 0) is 6.08 Å². The fraction of sp³-hybridized carbons (Fsp3) is 0.250. The third kappa shape index (κ3) is 1.55. The highest BCUT2D eigenvalue weighted by molar-refractivity contribution is 5.66. The van der Waals surface area contributed by atoms with Crippen molar-refractivity contribution in [3.8, 4) is 0 Å². The smallest absolute Gasteiger partial charge is 0.161 e. The Balaban J connectivity index is 0.000000250. The van der Waals surface area contributed by atoms with Crippen molar-refractivity contribution >= 4 is 6.21 Å². The zero-order valence-electron chi connectivity index (χ0n) is 3.32. The Labute approximate surface area is 54.2 Å². The van der Waals surface area contributed by atoms with Crippen molar-refractivity contribution in [1.82, 2.24) is 0 Å². The van der Waals surface area contributed by atoms with Crippen LogP contribution in [-0.4, -0.2) is 12.8 Å². The molecule has 1 nitrogen and oxygen atoms in total. The zero-order valence-corrected chi connectivity index (χ0v) is 5.47. The summed E-state index contributed by atoms with van der Waals surface area (Å²) < 4.78 is 0. The molecule has 1 rings (SSSR count). The number of hydrogen-bond donors (Lipinski definition) is 1. The summed E-state index contributed by atoms with van der Waals surface area (Å²) in [7, 11) is 0. The van der Waals surface area contributed by atoms with Crippen molar-refractivity contribution in [1.29, 1.82) is 0 Å². The zero-order chi connectivity index (χ0) is 3.54. The first-order valence-corrected chi connectivity index (χ1v) is 1.72. The van der Waals surface area contributed by atoms with Gasteiger partial charge < -0.3 is 24.0 Å². The average Bonchev–Trinajstić information content (AvgIpc) is 1.76. The molecule has 0 saturated carbocycles. The van der Waals surface area contributed by atoms with Crippen molar-refractivity contribution < 1.29 is 29.0 Å². The van der Waals surface area contributed by atoms with Crippen molar-refractivity contribution in [3.63, 3.8) is 0 Å². The van der Waals surface area contributed by atoms with Gasteiger partial charge in [0.1, 0.15) is 0 Å². The van der Waals surface area contributed by atoms with Crippen LogP contribution in [0.3, 0.4) is 0 Å². The van der Waals surface area contributed by atoms with Gasteiger partial charge in [-0.25, -0.2) is 4.99 Å². The second-order valence-electron chi connectivity index (χ2n) is 1.00. The lowest BCUT2D eigenvalue weighted by molar-refractivity contribution is -0.434. The summed E-state index contributed by atoms with van der Waals surface area (Å²) in [6.45, 7) is 1.01. The van der Waals surface area contributed by atoms with Gasteiger partial charge in [0, 0.05) is 6.08 Å². The van der Waals surface area contributed by atoms with Gasteiger partial charge in [-0.1, -0.05) is 0 Å². The van der Waals surface area contributed by atoms with Crippen molar-refractivity contribution in [2.24, 2.45) is 0 Å². The van der Waals surface area contributed by atoms with Crippen LogP contribution < -0.4 is 29.0 Å². The Morgan fingerprint density at radius 1 is 1.50 bits per heavy atom. The minimum atomic E-state index is 0. The number of allylic oxidation sites excluding steroid dienone is 1. The van der Waals surface area contributed by atoms with Gasteiger partial charge in [-0.3, -0.25) is 0 Å². The predicted molar refractivity (Wildman–Crippen MR) is 21.0 cm³/mol. The fourth-order valence-corrected chi connectivity index (χ4v) is 0.340. The minimum absolute atomic E-state index is 0. The summed E-state index contributed by atoms with van der Waals surface area (Å²) in [5.74, 6) is 0. The van der Waals surface area contributed by atoms with Crippen LogP contribution in [-0.2, 0) is 0 Å². The summed E-state index contributed by atoms with van der Waals surface area (Å²) in [4.78, 5) is 2.99. The molecule has 0 fully saturated rings. The van der Waals surface area contributed by atoms with Gasteiger partial charge in [0.15, 0.2) is 12.8 Å². The maximum atomic E-state index is 2.99. The molecule has 2 heteroatoms. The van der Waals surface area contributed by atoms with Crippen LogP contribution in [0, 0.1) is 0 Å². The van der Waals surface area contributed by atoms with E-state index in [2.05, 4.69) is 11.1 Å². The molecular formula is C4H6IN. The van der Waals surface area contributed by atoms with Crippen LogP contribution in [0.4, 0.5) is 0 Å². The van der Waals surface area contributed by atoms with E-state index in [1.165, 1.54) is 0 Å². The third-order valence-corrected chi connectivity index (χ3v) is 0.586. The number of rotatable bonds is 0. The summed E-state index contributed by atoms with van der Waals surface area (Å²) in [5, 5.41) is 0.